The van der Waals surface area contributed by atoms with Crippen molar-refractivity contribution in [3.8, 4) is 11.5 Å². The van der Waals surface area contributed by atoms with Gasteiger partial charge in [0.05, 0.1) is 0 Å². The summed E-state index contributed by atoms with van der Waals surface area (Å²) in [6.07, 6.45) is 0. The number of carboxylic acids is 1. The molecule has 15 heavy (non-hydrogen) atoms. The number of Topliss-reactive ketones (excluding diaryl/α,β-unsaturated/α-hetero) is 1. The first kappa shape index (κ1) is 11.0. The van der Waals surface area contributed by atoms with Crippen molar-refractivity contribution in [3.05, 3.63) is 23.8 Å². The van der Waals surface area contributed by atoms with Crippen LogP contribution in [0.5, 0.6) is 11.5 Å². The molecule has 5 heteroatoms. The van der Waals surface area contributed by atoms with E-state index in [0.717, 1.165) is 0 Å². The fraction of sp³-hybridized carbons (Fsp3) is 0.200. The highest BCUT2D eigenvalue weighted by molar-refractivity contribution is 5.99. The highest BCUT2D eigenvalue weighted by atomic mass is 16.5. The fourth-order valence-corrected chi connectivity index (χ4v) is 1.13. The lowest BCUT2D eigenvalue weighted by Gasteiger charge is -2.08. The van der Waals surface area contributed by atoms with Crippen LogP contribution < -0.4 is 4.74 Å². The van der Waals surface area contributed by atoms with E-state index in [-0.39, 0.29) is 22.8 Å². The number of aromatic hydroxyl groups is 1. The van der Waals surface area contributed by atoms with Gasteiger partial charge in [-0.15, -0.1) is 0 Å². The van der Waals surface area contributed by atoms with Crippen LogP contribution in [0.2, 0.25) is 0 Å². The summed E-state index contributed by atoms with van der Waals surface area (Å²) in [6, 6.07) is 4.24. The van der Waals surface area contributed by atoms with Crippen LogP contribution in [-0.2, 0) is 4.79 Å². The molecule has 0 unspecified atom stereocenters. The molecule has 0 aliphatic carbocycles. The molecule has 1 aromatic rings. The Morgan fingerprint density at radius 2 is 2.07 bits per heavy atom. The Morgan fingerprint density at radius 1 is 1.40 bits per heavy atom. The quantitative estimate of drug-likeness (QED) is 0.726. The van der Waals surface area contributed by atoms with E-state index in [1.54, 1.807) is 0 Å². The van der Waals surface area contributed by atoms with Crippen molar-refractivity contribution in [2.24, 2.45) is 0 Å². The van der Waals surface area contributed by atoms with Gasteiger partial charge in [0.2, 0.25) is 0 Å². The lowest BCUT2D eigenvalue weighted by atomic mass is 10.1. The Bertz CT molecular complexity index is 397. The lowest BCUT2D eigenvalue weighted by molar-refractivity contribution is -0.139. The first-order chi connectivity index (χ1) is 7.02. The third-order valence-corrected chi connectivity index (χ3v) is 1.71. The minimum Gasteiger partial charge on any atom is -0.507 e. The van der Waals surface area contributed by atoms with Gasteiger partial charge in [-0.25, -0.2) is 4.79 Å². The molecule has 1 rings (SSSR count). The minimum absolute atomic E-state index is 0.00116. The molecule has 0 saturated heterocycles. The average molecular weight is 210 g/mol. The number of hydrogen-bond donors (Lipinski definition) is 2. The summed E-state index contributed by atoms with van der Waals surface area (Å²) in [4.78, 5) is 21.4. The molecule has 0 atom stereocenters. The van der Waals surface area contributed by atoms with Crippen molar-refractivity contribution in [3.63, 3.8) is 0 Å². The standard InChI is InChI=1S/C10H10O5/c1-6(11)10-7(12)3-2-4-8(10)15-5-9(13)14/h2-4,12H,5H2,1H3,(H,13,14). The summed E-state index contributed by atoms with van der Waals surface area (Å²) in [7, 11) is 0. The molecule has 0 amide bonds. The summed E-state index contributed by atoms with van der Waals surface area (Å²) >= 11 is 0. The monoisotopic (exact) mass is 210 g/mol. The lowest BCUT2D eigenvalue weighted by Crippen LogP contribution is -2.11. The number of phenols is 1. The summed E-state index contributed by atoms with van der Waals surface area (Å²) in [5.74, 6) is -1.67. The van der Waals surface area contributed by atoms with E-state index in [0.29, 0.717) is 0 Å². The maximum Gasteiger partial charge on any atom is 0.341 e. The Balaban J connectivity index is 3.01. The number of ether oxygens (including phenoxy) is 1. The molecule has 0 heterocycles. The number of carbonyl (C=O) groups is 2. The van der Waals surface area contributed by atoms with E-state index in [4.69, 9.17) is 9.84 Å². The van der Waals surface area contributed by atoms with Crippen molar-refractivity contribution >= 4 is 11.8 Å². The summed E-state index contributed by atoms with van der Waals surface area (Å²) < 4.78 is 4.86. The van der Waals surface area contributed by atoms with Gasteiger partial charge in [0.25, 0.3) is 0 Å². The summed E-state index contributed by atoms with van der Waals surface area (Å²) in [5.41, 5.74) is -0.00116. The van der Waals surface area contributed by atoms with Crippen LogP contribution in [-0.4, -0.2) is 28.6 Å². The Labute approximate surface area is 85.9 Å². The van der Waals surface area contributed by atoms with Gasteiger partial charge in [0.15, 0.2) is 12.4 Å². The molecule has 80 valence electrons. The van der Waals surface area contributed by atoms with Gasteiger partial charge in [-0.1, -0.05) is 6.07 Å². The van der Waals surface area contributed by atoms with E-state index in [2.05, 4.69) is 0 Å². The zero-order chi connectivity index (χ0) is 11.4. The van der Waals surface area contributed by atoms with Gasteiger partial charge < -0.3 is 14.9 Å². The highest BCUT2D eigenvalue weighted by Gasteiger charge is 2.14. The third-order valence-electron chi connectivity index (χ3n) is 1.71. The molecule has 0 aromatic heterocycles. The number of carbonyl (C=O) groups excluding carboxylic acids is 1. The predicted molar refractivity (Wildman–Crippen MR) is 51.2 cm³/mol. The maximum atomic E-state index is 11.1. The van der Waals surface area contributed by atoms with Crippen LogP contribution in [0, 0.1) is 0 Å². The smallest absolute Gasteiger partial charge is 0.341 e. The molecule has 0 fully saturated rings. The molecule has 5 nitrogen and oxygen atoms in total. The normalized spacial score (nSPS) is 9.67. The second-order valence-electron chi connectivity index (χ2n) is 2.89. The van der Waals surface area contributed by atoms with Gasteiger partial charge in [-0.3, -0.25) is 4.79 Å². The molecule has 0 saturated carbocycles. The number of benzene rings is 1. The molecule has 2 N–H and O–H groups in total. The fourth-order valence-electron chi connectivity index (χ4n) is 1.13. The molecule has 0 radical (unpaired) electrons. The number of carboxylic acid groups (broad SMARTS) is 1. The van der Waals surface area contributed by atoms with Gasteiger partial charge in [0, 0.05) is 0 Å². The largest absolute Gasteiger partial charge is 0.507 e. The van der Waals surface area contributed by atoms with E-state index in [1.807, 2.05) is 0 Å². The molecule has 1 aromatic carbocycles. The zero-order valence-corrected chi connectivity index (χ0v) is 8.06. The Kier molecular flexibility index (Phi) is 3.28. The van der Waals surface area contributed by atoms with Crippen molar-refractivity contribution < 1.29 is 24.5 Å². The molecular weight excluding hydrogens is 200 g/mol. The van der Waals surface area contributed by atoms with Crippen LogP contribution in [0.15, 0.2) is 18.2 Å². The minimum atomic E-state index is -1.15. The van der Waals surface area contributed by atoms with Crippen LogP contribution >= 0.6 is 0 Å². The number of phenolic OH excluding ortho intramolecular Hbond substituents is 1. The number of hydrogen-bond acceptors (Lipinski definition) is 4. The van der Waals surface area contributed by atoms with E-state index in [9.17, 15) is 14.7 Å². The van der Waals surface area contributed by atoms with Crippen LogP contribution in [0.3, 0.4) is 0 Å². The zero-order valence-electron chi connectivity index (χ0n) is 8.06. The average Bonchev–Trinajstić information content (AvgIpc) is 2.13. The topological polar surface area (TPSA) is 83.8 Å². The van der Waals surface area contributed by atoms with Crippen molar-refractivity contribution in [1.82, 2.24) is 0 Å². The number of rotatable bonds is 4. The van der Waals surface area contributed by atoms with E-state index >= 15 is 0 Å². The van der Waals surface area contributed by atoms with Crippen molar-refractivity contribution in [2.45, 2.75) is 6.92 Å². The number of aliphatic carboxylic acids is 1. The molecule has 0 spiro atoms. The van der Waals surface area contributed by atoms with E-state index in [1.165, 1.54) is 25.1 Å². The number of ketones is 1. The van der Waals surface area contributed by atoms with Gasteiger partial charge >= 0.3 is 5.97 Å². The maximum absolute atomic E-state index is 11.1. The second-order valence-corrected chi connectivity index (χ2v) is 2.89. The third kappa shape index (κ3) is 2.70. The van der Waals surface area contributed by atoms with Gasteiger partial charge in [0.1, 0.15) is 17.1 Å². The first-order valence-corrected chi connectivity index (χ1v) is 4.20. The van der Waals surface area contributed by atoms with Gasteiger partial charge in [-0.05, 0) is 19.1 Å². The van der Waals surface area contributed by atoms with Gasteiger partial charge in [-0.2, -0.15) is 0 Å². The molecule has 0 aliphatic rings. The SMILES string of the molecule is CC(=O)c1c(O)cccc1OCC(=O)O. The van der Waals surface area contributed by atoms with Crippen LogP contribution in [0.4, 0.5) is 0 Å². The van der Waals surface area contributed by atoms with Crippen molar-refractivity contribution in [2.75, 3.05) is 6.61 Å². The molecule has 0 bridgehead atoms. The van der Waals surface area contributed by atoms with Crippen molar-refractivity contribution in [1.29, 1.82) is 0 Å². The molecular formula is C10H10O5. The van der Waals surface area contributed by atoms with E-state index < -0.39 is 12.6 Å². The molecule has 0 aliphatic heterocycles. The van der Waals surface area contributed by atoms with Crippen LogP contribution in [0.25, 0.3) is 0 Å². The first-order valence-electron chi connectivity index (χ1n) is 4.20. The van der Waals surface area contributed by atoms with Crippen LogP contribution in [0.1, 0.15) is 17.3 Å². The Hall–Kier alpha value is -2.04. The highest BCUT2D eigenvalue weighted by Crippen LogP contribution is 2.27. The predicted octanol–water partition coefficient (Wildman–Crippen LogP) is 1.06. The Morgan fingerprint density at radius 3 is 2.60 bits per heavy atom. The second kappa shape index (κ2) is 4.45. The summed E-state index contributed by atoms with van der Waals surface area (Å²) in [6.45, 7) is 0.715. The summed E-state index contributed by atoms with van der Waals surface area (Å²) in [5, 5.41) is 17.8.